The van der Waals surface area contributed by atoms with E-state index in [0.29, 0.717) is 19.4 Å². The third kappa shape index (κ3) is 2.29. The van der Waals surface area contributed by atoms with Crippen molar-refractivity contribution in [1.29, 1.82) is 0 Å². The molecule has 1 saturated carbocycles. The number of carbonyl (C=O) groups is 2. The number of hydrogen-bond donors (Lipinski definition) is 1. The SMILES string of the molecule is COC(=O)C(C(=O)O)C1CCOC2(CCC2)C1. The van der Waals surface area contributed by atoms with Crippen LogP contribution in [0.3, 0.4) is 0 Å². The van der Waals surface area contributed by atoms with E-state index in [0.717, 1.165) is 19.3 Å². The highest BCUT2D eigenvalue weighted by molar-refractivity contribution is 5.94. The van der Waals surface area contributed by atoms with Gasteiger partial charge in [-0.1, -0.05) is 0 Å². The van der Waals surface area contributed by atoms with E-state index in [1.54, 1.807) is 0 Å². The lowest BCUT2D eigenvalue weighted by Gasteiger charge is -2.47. The Morgan fingerprint density at radius 3 is 2.65 bits per heavy atom. The fraction of sp³-hybridized carbons (Fsp3) is 0.833. The zero-order valence-corrected chi connectivity index (χ0v) is 9.98. The third-order valence-electron chi connectivity index (χ3n) is 3.99. The Bertz CT molecular complexity index is 321. The number of ether oxygens (including phenoxy) is 2. The van der Waals surface area contributed by atoms with Crippen LogP contribution in [0.2, 0.25) is 0 Å². The fourth-order valence-corrected chi connectivity index (χ4v) is 2.89. The predicted molar refractivity (Wildman–Crippen MR) is 58.4 cm³/mol. The Kier molecular flexibility index (Phi) is 3.38. The Morgan fingerprint density at radius 1 is 1.47 bits per heavy atom. The highest BCUT2D eigenvalue weighted by Crippen LogP contribution is 2.46. The minimum Gasteiger partial charge on any atom is -0.481 e. The lowest BCUT2D eigenvalue weighted by Crippen LogP contribution is -2.49. The molecule has 96 valence electrons. The van der Waals surface area contributed by atoms with E-state index >= 15 is 0 Å². The Hall–Kier alpha value is -1.10. The fourth-order valence-electron chi connectivity index (χ4n) is 2.89. The number of carboxylic acids is 1. The molecule has 1 spiro atoms. The number of esters is 1. The molecular weight excluding hydrogens is 224 g/mol. The second-order valence-electron chi connectivity index (χ2n) is 4.98. The third-order valence-corrected chi connectivity index (χ3v) is 3.99. The van der Waals surface area contributed by atoms with Gasteiger partial charge in [0.2, 0.25) is 0 Å². The maximum atomic E-state index is 11.5. The molecule has 0 radical (unpaired) electrons. The first kappa shape index (κ1) is 12.4. The van der Waals surface area contributed by atoms with Gasteiger partial charge in [-0.05, 0) is 38.0 Å². The standard InChI is InChI=1S/C12H18O5/c1-16-11(15)9(10(13)14)8-3-6-17-12(7-8)4-2-5-12/h8-9H,2-7H2,1H3,(H,13,14). The van der Waals surface area contributed by atoms with Gasteiger partial charge in [0.1, 0.15) is 0 Å². The minimum atomic E-state index is -1.08. The summed E-state index contributed by atoms with van der Waals surface area (Å²) < 4.78 is 10.3. The molecule has 0 bridgehead atoms. The molecule has 2 rings (SSSR count). The van der Waals surface area contributed by atoms with Crippen molar-refractivity contribution in [3.63, 3.8) is 0 Å². The number of hydrogen-bond acceptors (Lipinski definition) is 4. The van der Waals surface area contributed by atoms with E-state index in [1.165, 1.54) is 7.11 Å². The zero-order valence-electron chi connectivity index (χ0n) is 9.98. The van der Waals surface area contributed by atoms with Gasteiger partial charge in [-0.25, -0.2) is 0 Å². The Balaban J connectivity index is 2.08. The molecule has 1 aliphatic heterocycles. The molecule has 2 unspecified atom stereocenters. The van der Waals surface area contributed by atoms with Crippen LogP contribution >= 0.6 is 0 Å². The lowest BCUT2D eigenvalue weighted by molar-refractivity contribution is -0.174. The molecule has 2 fully saturated rings. The normalized spacial score (nSPS) is 28.2. The number of rotatable bonds is 3. The van der Waals surface area contributed by atoms with Crippen LogP contribution in [-0.4, -0.2) is 36.4 Å². The molecule has 0 aromatic carbocycles. The molecule has 5 heteroatoms. The minimum absolute atomic E-state index is 0.148. The molecule has 0 amide bonds. The van der Waals surface area contributed by atoms with Crippen LogP contribution in [0.5, 0.6) is 0 Å². The highest BCUT2D eigenvalue weighted by atomic mass is 16.5. The van der Waals surface area contributed by atoms with Crippen LogP contribution in [-0.2, 0) is 19.1 Å². The Labute approximate surface area is 100 Å². The summed E-state index contributed by atoms with van der Waals surface area (Å²) >= 11 is 0. The Morgan fingerprint density at radius 2 is 2.18 bits per heavy atom. The van der Waals surface area contributed by atoms with Gasteiger partial charge in [0.05, 0.1) is 12.7 Å². The quantitative estimate of drug-likeness (QED) is 0.595. The summed E-state index contributed by atoms with van der Waals surface area (Å²) in [4.78, 5) is 22.7. The summed E-state index contributed by atoms with van der Waals surface area (Å²) in [6.45, 7) is 0.547. The summed E-state index contributed by atoms with van der Waals surface area (Å²) in [5, 5.41) is 9.15. The summed E-state index contributed by atoms with van der Waals surface area (Å²) in [6, 6.07) is 0. The first-order chi connectivity index (χ1) is 8.08. The maximum Gasteiger partial charge on any atom is 0.320 e. The number of aliphatic carboxylic acids is 1. The largest absolute Gasteiger partial charge is 0.481 e. The van der Waals surface area contributed by atoms with Gasteiger partial charge >= 0.3 is 11.9 Å². The molecule has 5 nitrogen and oxygen atoms in total. The van der Waals surface area contributed by atoms with Gasteiger partial charge in [-0.3, -0.25) is 9.59 Å². The van der Waals surface area contributed by atoms with Crippen molar-refractivity contribution in [3.05, 3.63) is 0 Å². The molecule has 1 saturated heterocycles. The van der Waals surface area contributed by atoms with Gasteiger partial charge in [-0.2, -0.15) is 0 Å². The van der Waals surface area contributed by atoms with Crippen molar-refractivity contribution in [2.45, 2.75) is 37.7 Å². The number of methoxy groups -OCH3 is 1. The van der Waals surface area contributed by atoms with Crippen molar-refractivity contribution in [2.75, 3.05) is 13.7 Å². The molecule has 2 atom stereocenters. The van der Waals surface area contributed by atoms with Crippen LogP contribution in [0.15, 0.2) is 0 Å². The zero-order chi connectivity index (χ0) is 12.5. The first-order valence-corrected chi connectivity index (χ1v) is 6.02. The molecule has 2 aliphatic rings. The van der Waals surface area contributed by atoms with E-state index in [1.807, 2.05) is 0 Å². The predicted octanol–water partition coefficient (Wildman–Crippen LogP) is 1.21. The van der Waals surface area contributed by atoms with Crippen LogP contribution < -0.4 is 0 Å². The molecule has 1 aliphatic carbocycles. The lowest BCUT2D eigenvalue weighted by atomic mass is 9.69. The summed E-state index contributed by atoms with van der Waals surface area (Å²) in [7, 11) is 1.23. The van der Waals surface area contributed by atoms with Crippen molar-refractivity contribution in [2.24, 2.45) is 11.8 Å². The number of carbonyl (C=O) groups excluding carboxylic acids is 1. The topological polar surface area (TPSA) is 72.8 Å². The van der Waals surface area contributed by atoms with Gasteiger partial charge in [0, 0.05) is 6.61 Å². The van der Waals surface area contributed by atoms with E-state index in [4.69, 9.17) is 9.84 Å². The van der Waals surface area contributed by atoms with Crippen LogP contribution in [0.25, 0.3) is 0 Å². The van der Waals surface area contributed by atoms with E-state index in [9.17, 15) is 9.59 Å². The smallest absolute Gasteiger partial charge is 0.320 e. The van der Waals surface area contributed by atoms with Crippen molar-refractivity contribution >= 4 is 11.9 Å². The van der Waals surface area contributed by atoms with E-state index in [-0.39, 0.29) is 11.5 Å². The summed E-state index contributed by atoms with van der Waals surface area (Å²) in [6.07, 6.45) is 4.38. The van der Waals surface area contributed by atoms with E-state index < -0.39 is 17.9 Å². The second kappa shape index (κ2) is 4.64. The second-order valence-corrected chi connectivity index (χ2v) is 4.98. The van der Waals surface area contributed by atoms with Crippen LogP contribution in [0.1, 0.15) is 32.1 Å². The maximum absolute atomic E-state index is 11.5. The van der Waals surface area contributed by atoms with Crippen molar-refractivity contribution in [3.8, 4) is 0 Å². The van der Waals surface area contributed by atoms with Crippen LogP contribution in [0, 0.1) is 11.8 Å². The summed E-state index contributed by atoms with van der Waals surface area (Å²) in [5.74, 6) is -2.92. The van der Waals surface area contributed by atoms with Crippen LogP contribution in [0.4, 0.5) is 0 Å². The van der Waals surface area contributed by atoms with Gasteiger partial charge in [0.15, 0.2) is 5.92 Å². The molecule has 0 aromatic rings. The molecule has 0 aromatic heterocycles. The average molecular weight is 242 g/mol. The van der Waals surface area contributed by atoms with Crippen molar-refractivity contribution in [1.82, 2.24) is 0 Å². The summed E-state index contributed by atoms with van der Waals surface area (Å²) in [5.41, 5.74) is -0.148. The van der Waals surface area contributed by atoms with Crippen molar-refractivity contribution < 1.29 is 24.2 Å². The van der Waals surface area contributed by atoms with Gasteiger partial charge < -0.3 is 14.6 Å². The molecule has 1 N–H and O–H groups in total. The highest BCUT2D eigenvalue weighted by Gasteiger charge is 2.47. The monoisotopic (exact) mass is 242 g/mol. The molecule has 1 heterocycles. The molecule has 17 heavy (non-hydrogen) atoms. The average Bonchev–Trinajstić information content (AvgIpc) is 2.27. The molecular formula is C12H18O5. The van der Waals surface area contributed by atoms with Gasteiger partial charge in [-0.15, -0.1) is 0 Å². The van der Waals surface area contributed by atoms with E-state index in [2.05, 4.69) is 4.74 Å². The number of carboxylic acid groups (broad SMARTS) is 1. The van der Waals surface area contributed by atoms with Gasteiger partial charge in [0.25, 0.3) is 0 Å². The first-order valence-electron chi connectivity index (χ1n) is 6.02.